The number of carbonyl (C=O) groups excluding carboxylic acids is 1. The molecule has 0 aromatic carbocycles. The van der Waals surface area contributed by atoms with E-state index < -0.39 is 12.1 Å². The Morgan fingerprint density at radius 2 is 2.50 bits per heavy atom. The molecule has 76 valence electrons. The summed E-state index contributed by atoms with van der Waals surface area (Å²) < 4.78 is 4.43. The lowest BCUT2D eigenvalue weighted by Gasteiger charge is -2.08. The summed E-state index contributed by atoms with van der Waals surface area (Å²) in [5.74, 6) is -0.467. The van der Waals surface area contributed by atoms with E-state index in [4.69, 9.17) is 11.6 Å². The highest BCUT2D eigenvalue weighted by Gasteiger charge is 2.13. The Morgan fingerprint density at radius 1 is 1.79 bits per heavy atom. The van der Waals surface area contributed by atoms with Gasteiger partial charge in [-0.05, 0) is 17.7 Å². The third-order valence-electron chi connectivity index (χ3n) is 1.72. The minimum absolute atomic E-state index is 0.0865. The monoisotopic (exact) mass is 215 g/mol. The molecule has 0 bridgehead atoms. The Labute approximate surface area is 86.5 Å². The maximum Gasteiger partial charge on any atom is 0.308 e. The third kappa shape index (κ3) is 2.97. The second-order valence-corrected chi connectivity index (χ2v) is 3.10. The van der Waals surface area contributed by atoms with Crippen LogP contribution in [0.2, 0.25) is 5.15 Å². The lowest BCUT2D eigenvalue weighted by molar-refractivity contribution is -0.142. The molecule has 0 aliphatic rings. The van der Waals surface area contributed by atoms with E-state index in [1.807, 2.05) is 0 Å². The number of halogens is 1. The van der Waals surface area contributed by atoms with E-state index in [2.05, 4.69) is 9.72 Å². The Hall–Kier alpha value is -1.13. The molecule has 14 heavy (non-hydrogen) atoms. The smallest absolute Gasteiger partial charge is 0.308 e. The van der Waals surface area contributed by atoms with Crippen molar-refractivity contribution in [3.63, 3.8) is 0 Å². The first kappa shape index (κ1) is 10.9. The minimum atomic E-state index is -0.900. The average Bonchev–Trinajstić information content (AvgIpc) is 2.17. The van der Waals surface area contributed by atoms with Crippen molar-refractivity contribution in [2.24, 2.45) is 0 Å². The van der Waals surface area contributed by atoms with Gasteiger partial charge in [-0.15, -0.1) is 0 Å². The molecule has 1 aromatic rings. The van der Waals surface area contributed by atoms with E-state index >= 15 is 0 Å². The largest absolute Gasteiger partial charge is 0.469 e. The number of ether oxygens (including phenoxy) is 1. The highest BCUT2D eigenvalue weighted by atomic mass is 35.5. The molecule has 1 atom stereocenters. The molecule has 0 fully saturated rings. The van der Waals surface area contributed by atoms with Crippen LogP contribution in [0.3, 0.4) is 0 Å². The molecular formula is C9H10ClNO3. The number of carbonyl (C=O) groups is 1. The predicted molar refractivity (Wildman–Crippen MR) is 50.8 cm³/mol. The number of aromatic nitrogens is 1. The number of esters is 1. The molecule has 4 nitrogen and oxygen atoms in total. The van der Waals surface area contributed by atoms with Crippen molar-refractivity contribution in [2.75, 3.05) is 7.11 Å². The first-order chi connectivity index (χ1) is 6.63. The summed E-state index contributed by atoms with van der Waals surface area (Å²) in [4.78, 5) is 14.6. The Bertz CT molecular complexity index is 330. The van der Waals surface area contributed by atoms with Gasteiger partial charge in [-0.3, -0.25) is 4.79 Å². The Balaban J connectivity index is 2.69. The molecule has 1 N–H and O–H groups in total. The minimum Gasteiger partial charge on any atom is -0.469 e. The third-order valence-corrected chi connectivity index (χ3v) is 1.93. The number of nitrogens with zero attached hydrogens (tertiary/aromatic N) is 1. The first-order valence-electron chi connectivity index (χ1n) is 4.00. The number of pyridine rings is 1. The van der Waals surface area contributed by atoms with Gasteiger partial charge in [-0.25, -0.2) is 4.98 Å². The van der Waals surface area contributed by atoms with Crippen LogP contribution in [0.15, 0.2) is 18.3 Å². The zero-order valence-electron chi connectivity index (χ0n) is 7.61. The highest BCUT2D eigenvalue weighted by Crippen LogP contribution is 2.18. The zero-order chi connectivity index (χ0) is 10.6. The normalized spacial score (nSPS) is 12.2. The molecule has 1 aromatic heterocycles. The summed E-state index contributed by atoms with van der Waals surface area (Å²) in [5, 5.41) is 9.84. The maximum atomic E-state index is 10.8. The van der Waals surface area contributed by atoms with E-state index in [9.17, 15) is 9.90 Å². The molecule has 1 heterocycles. The highest BCUT2D eigenvalue weighted by molar-refractivity contribution is 6.29. The van der Waals surface area contributed by atoms with Crippen molar-refractivity contribution < 1.29 is 14.6 Å². The fourth-order valence-corrected chi connectivity index (χ4v) is 1.17. The van der Waals surface area contributed by atoms with E-state index in [-0.39, 0.29) is 11.6 Å². The predicted octanol–water partition coefficient (Wildman–Crippen LogP) is 1.33. The van der Waals surface area contributed by atoms with Crippen molar-refractivity contribution >= 4 is 17.6 Å². The van der Waals surface area contributed by atoms with Gasteiger partial charge in [-0.2, -0.15) is 0 Å². The summed E-state index contributed by atoms with van der Waals surface area (Å²) in [6, 6.07) is 3.11. The number of hydrogen-bond acceptors (Lipinski definition) is 4. The molecular weight excluding hydrogens is 206 g/mol. The van der Waals surface area contributed by atoms with Gasteiger partial charge in [0.2, 0.25) is 0 Å². The summed E-state index contributed by atoms with van der Waals surface area (Å²) >= 11 is 5.62. The maximum absolute atomic E-state index is 10.8. The van der Waals surface area contributed by atoms with Gasteiger partial charge in [0.15, 0.2) is 0 Å². The van der Waals surface area contributed by atoms with Crippen LogP contribution in [-0.4, -0.2) is 23.2 Å². The van der Waals surface area contributed by atoms with E-state index in [1.165, 1.54) is 19.4 Å². The van der Waals surface area contributed by atoms with Crippen LogP contribution >= 0.6 is 11.6 Å². The standard InChI is InChI=1S/C9H10ClNO3/c1-14-9(13)5-7(12)6-2-3-11-8(10)4-6/h2-4,7,12H,5H2,1H3/t7-/m1/s1. The summed E-state index contributed by atoms with van der Waals surface area (Å²) in [5.41, 5.74) is 0.551. The Morgan fingerprint density at radius 3 is 3.07 bits per heavy atom. The van der Waals surface area contributed by atoms with Gasteiger partial charge in [0.25, 0.3) is 0 Å². The molecule has 0 saturated carbocycles. The van der Waals surface area contributed by atoms with Crippen LogP contribution in [-0.2, 0) is 9.53 Å². The van der Waals surface area contributed by atoms with Gasteiger partial charge in [0.05, 0.1) is 19.6 Å². The zero-order valence-corrected chi connectivity index (χ0v) is 8.36. The molecule has 0 saturated heterocycles. The second kappa shape index (κ2) is 4.93. The fraction of sp³-hybridized carbons (Fsp3) is 0.333. The van der Waals surface area contributed by atoms with Crippen LogP contribution in [0.1, 0.15) is 18.1 Å². The van der Waals surface area contributed by atoms with Gasteiger partial charge in [0, 0.05) is 6.20 Å². The second-order valence-electron chi connectivity index (χ2n) is 2.71. The summed E-state index contributed by atoms with van der Waals surface area (Å²) in [6.07, 6.45) is 0.484. The number of aliphatic hydroxyl groups is 1. The van der Waals surface area contributed by atoms with Gasteiger partial charge >= 0.3 is 5.97 Å². The molecule has 1 rings (SSSR count). The first-order valence-corrected chi connectivity index (χ1v) is 4.37. The number of hydrogen-bond donors (Lipinski definition) is 1. The van der Waals surface area contributed by atoms with E-state index in [0.29, 0.717) is 5.56 Å². The molecule has 0 spiro atoms. The van der Waals surface area contributed by atoms with Crippen molar-refractivity contribution in [3.8, 4) is 0 Å². The topological polar surface area (TPSA) is 59.4 Å². The van der Waals surface area contributed by atoms with Crippen LogP contribution in [0.5, 0.6) is 0 Å². The van der Waals surface area contributed by atoms with Crippen molar-refractivity contribution in [3.05, 3.63) is 29.0 Å². The summed E-state index contributed by atoms with van der Waals surface area (Å²) in [7, 11) is 1.27. The molecule has 0 radical (unpaired) electrons. The molecule has 0 aliphatic carbocycles. The van der Waals surface area contributed by atoms with Gasteiger partial charge in [0.1, 0.15) is 5.15 Å². The number of methoxy groups -OCH3 is 1. The molecule has 0 aliphatic heterocycles. The number of aliphatic hydroxyl groups excluding tert-OH is 1. The number of rotatable bonds is 3. The van der Waals surface area contributed by atoms with Crippen LogP contribution in [0, 0.1) is 0 Å². The molecule has 0 amide bonds. The lowest BCUT2D eigenvalue weighted by atomic mass is 10.1. The van der Waals surface area contributed by atoms with E-state index in [0.717, 1.165) is 0 Å². The van der Waals surface area contributed by atoms with Gasteiger partial charge < -0.3 is 9.84 Å². The van der Waals surface area contributed by atoms with Crippen molar-refractivity contribution in [1.82, 2.24) is 4.98 Å². The fourth-order valence-electron chi connectivity index (χ4n) is 0.984. The average molecular weight is 216 g/mol. The molecule has 5 heteroatoms. The van der Waals surface area contributed by atoms with Crippen LogP contribution < -0.4 is 0 Å². The van der Waals surface area contributed by atoms with Crippen LogP contribution in [0.4, 0.5) is 0 Å². The summed E-state index contributed by atoms with van der Waals surface area (Å²) in [6.45, 7) is 0. The quantitative estimate of drug-likeness (QED) is 0.611. The van der Waals surface area contributed by atoms with Gasteiger partial charge in [-0.1, -0.05) is 11.6 Å². The molecule has 0 unspecified atom stereocenters. The SMILES string of the molecule is COC(=O)C[C@@H](O)c1ccnc(Cl)c1. The van der Waals surface area contributed by atoms with E-state index in [1.54, 1.807) is 6.07 Å². The lowest BCUT2D eigenvalue weighted by Crippen LogP contribution is -2.08. The van der Waals surface area contributed by atoms with Crippen molar-refractivity contribution in [2.45, 2.75) is 12.5 Å². The van der Waals surface area contributed by atoms with Crippen molar-refractivity contribution in [1.29, 1.82) is 0 Å². The Kier molecular flexibility index (Phi) is 3.85. The van der Waals surface area contributed by atoms with Crippen LogP contribution in [0.25, 0.3) is 0 Å².